The Morgan fingerprint density at radius 1 is 1.63 bits per heavy atom. The van der Waals surface area contributed by atoms with Gasteiger partial charge in [-0.3, -0.25) is 15.1 Å². The maximum absolute atomic E-state index is 11.4. The van der Waals surface area contributed by atoms with Gasteiger partial charge in [-0.2, -0.15) is 5.10 Å². The van der Waals surface area contributed by atoms with Crippen molar-refractivity contribution in [3.05, 3.63) is 27.1 Å². The number of thiophene rings is 1. The van der Waals surface area contributed by atoms with Crippen LogP contribution in [0.25, 0.3) is 0 Å². The molecule has 0 aliphatic carbocycles. The predicted molar refractivity (Wildman–Crippen MR) is 73.4 cm³/mol. The normalized spacial score (nSPS) is 22.8. The number of hydrogen-bond acceptors (Lipinski definition) is 7. The van der Waals surface area contributed by atoms with Crippen molar-refractivity contribution in [2.24, 2.45) is 5.10 Å². The van der Waals surface area contributed by atoms with Crippen LogP contribution >= 0.6 is 11.3 Å². The SMILES string of the molecule is CC1CS(=O)(=O)CCN1N=Cc1csc([N+](=O)[O-])c1. The lowest BCUT2D eigenvalue weighted by Crippen LogP contribution is -2.43. The zero-order valence-electron chi connectivity index (χ0n) is 10.2. The van der Waals surface area contributed by atoms with E-state index in [1.54, 1.807) is 17.3 Å². The first kappa shape index (κ1) is 13.9. The molecule has 2 rings (SSSR count). The van der Waals surface area contributed by atoms with Gasteiger partial charge in [0.1, 0.15) is 0 Å². The Hall–Kier alpha value is -1.48. The van der Waals surface area contributed by atoms with Crippen molar-refractivity contribution in [2.75, 3.05) is 18.1 Å². The van der Waals surface area contributed by atoms with E-state index in [-0.39, 0.29) is 22.5 Å². The predicted octanol–water partition coefficient (Wildman–Crippen LogP) is 1.11. The van der Waals surface area contributed by atoms with Crippen LogP contribution in [0, 0.1) is 10.1 Å². The molecule has 1 saturated heterocycles. The lowest BCUT2D eigenvalue weighted by molar-refractivity contribution is -0.380. The molecule has 0 radical (unpaired) electrons. The first-order valence-electron chi connectivity index (χ1n) is 5.61. The Bertz CT molecular complexity index is 608. The molecule has 1 aromatic heterocycles. The van der Waals surface area contributed by atoms with Crippen molar-refractivity contribution in [1.29, 1.82) is 0 Å². The van der Waals surface area contributed by atoms with Crippen molar-refractivity contribution in [2.45, 2.75) is 13.0 Å². The molecule has 104 valence electrons. The van der Waals surface area contributed by atoms with E-state index in [0.717, 1.165) is 11.3 Å². The molecule has 9 heteroatoms. The van der Waals surface area contributed by atoms with Crippen molar-refractivity contribution in [3.63, 3.8) is 0 Å². The fourth-order valence-corrected chi connectivity index (χ4v) is 4.02. The number of sulfone groups is 1. The van der Waals surface area contributed by atoms with E-state index >= 15 is 0 Å². The van der Waals surface area contributed by atoms with Gasteiger partial charge >= 0.3 is 5.00 Å². The van der Waals surface area contributed by atoms with Gasteiger partial charge in [-0.1, -0.05) is 11.3 Å². The summed E-state index contributed by atoms with van der Waals surface area (Å²) in [5.74, 6) is 0.187. The average molecular weight is 303 g/mol. The van der Waals surface area contributed by atoms with Crippen molar-refractivity contribution >= 4 is 32.4 Å². The molecule has 19 heavy (non-hydrogen) atoms. The van der Waals surface area contributed by atoms with E-state index < -0.39 is 14.8 Å². The lowest BCUT2D eigenvalue weighted by atomic mass is 10.3. The molecule has 7 nitrogen and oxygen atoms in total. The molecule has 0 bridgehead atoms. The van der Waals surface area contributed by atoms with Crippen LogP contribution in [0.5, 0.6) is 0 Å². The van der Waals surface area contributed by atoms with Crippen LogP contribution in [0.1, 0.15) is 12.5 Å². The highest BCUT2D eigenvalue weighted by molar-refractivity contribution is 7.91. The second-order valence-corrected chi connectivity index (χ2v) is 7.46. The second-order valence-electron chi connectivity index (χ2n) is 4.35. The van der Waals surface area contributed by atoms with Crippen molar-refractivity contribution < 1.29 is 13.3 Å². The quantitative estimate of drug-likeness (QED) is 0.474. The average Bonchev–Trinajstić information content (AvgIpc) is 2.75. The summed E-state index contributed by atoms with van der Waals surface area (Å²) in [5.41, 5.74) is 0.650. The molecular formula is C10H13N3O4S2. The molecule has 0 saturated carbocycles. The smallest absolute Gasteiger partial charge is 0.292 e. The molecule has 1 aromatic rings. The van der Waals surface area contributed by atoms with E-state index in [0.29, 0.717) is 12.1 Å². The summed E-state index contributed by atoms with van der Waals surface area (Å²) in [5, 5.41) is 18.1. The first-order valence-corrected chi connectivity index (χ1v) is 8.31. The van der Waals surface area contributed by atoms with Crippen LogP contribution in [0.4, 0.5) is 5.00 Å². The van der Waals surface area contributed by atoms with E-state index in [1.165, 1.54) is 12.3 Å². The molecule has 1 aliphatic heterocycles. The summed E-state index contributed by atoms with van der Waals surface area (Å²) < 4.78 is 22.8. The van der Waals surface area contributed by atoms with Gasteiger partial charge in [-0.05, 0) is 6.92 Å². The van der Waals surface area contributed by atoms with Gasteiger partial charge in [0.2, 0.25) is 0 Å². The van der Waals surface area contributed by atoms with Gasteiger partial charge in [-0.25, -0.2) is 8.42 Å². The molecule has 1 atom stereocenters. The van der Waals surface area contributed by atoms with Crippen molar-refractivity contribution in [3.8, 4) is 0 Å². The highest BCUT2D eigenvalue weighted by atomic mass is 32.2. The minimum absolute atomic E-state index is 0.0655. The monoisotopic (exact) mass is 303 g/mol. The fraction of sp³-hybridized carbons (Fsp3) is 0.500. The third kappa shape index (κ3) is 3.51. The second kappa shape index (κ2) is 5.25. The molecule has 2 heterocycles. The summed E-state index contributed by atoms with van der Waals surface area (Å²) in [6.07, 6.45) is 1.53. The topological polar surface area (TPSA) is 92.9 Å². The maximum Gasteiger partial charge on any atom is 0.324 e. The standard InChI is InChI=1S/C10H13N3O4S2/c1-8-7-19(16,17)3-2-12(8)11-5-9-4-10(13(14)15)18-6-9/h4-6,8H,2-3,7H2,1H3. The zero-order valence-corrected chi connectivity index (χ0v) is 11.9. The summed E-state index contributed by atoms with van der Waals surface area (Å²) in [6.45, 7) is 2.15. The Labute approximate surface area is 114 Å². The molecule has 1 aliphatic rings. The van der Waals surface area contributed by atoms with Gasteiger partial charge in [0.05, 0.1) is 35.2 Å². The fourth-order valence-electron chi connectivity index (χ4n) is 1.80. The van der Waals surface area contributed by atoms with E-state index in [9.17, 15) is 18.5 Å². The summed E-state index contributed by atoms with van der Waals surface area (Å²) >= 11 is 1.04. The van der Waals surface area contributed by atoms with Crippen LogP contribution in [0.15, 0.2) is 16.5 Å². The van der Waals surface area contributed by atoms with Crippen LogP contribution < -0.4 is 0 Å². The Morgan fingerprint density at radius 3 is 2.95 bits per heavy atom. The zero-order chi connectivity index (χ0) is 14.0. The van der Waals surface area contributed by atoms with Crippen LogP contribution in [0.2, 0.25) is 0 Å². The maximum atomic E-state index is 11.4. The first-order chi connectivity index (χ1) is 8.87. The molecule has 0 spiro atoms. The van der Waals surface area contributed by atoms with Crippen LogP contribution in [0.3, 0.4) is 0 Å². The van der Waals surface area contributed by atoms with Crippen LogP contribution in [-0.2, 0) is 9.84 Å². The number of hydrazone groups is 1. The lowest BCUT2D eigenvalue weighted by Gasteiger charge is -2.30. The van der Waals surface area contributed by atoms with E-state index in [4.69, 9.17) is 0 Å². The van der Waals surface area contributed by atoms with Gasteiger partial charge in [0.15, 0.2) is 9.84 Å². The number of rotatable bonds is 3. The summed E-state index contributed by atoms with van der Waals surface area (Å²) in [4.78, 5) is 10.1. The van der Waals surface area contributed by atoms with Gasteiger partial charge in [0.25, 0.3) is 0 Å². The Balaban J connectivity index is 2.04. The van der Waals surface area contributed by atoms with Gasteiger partial charge in [0, 0.05) is 17.0 Å². The third-order valence-corrected chi connectivity index (χ3v) is 5.47. The number of hydrogen-bond donors (Lipinski definition) is 0. The van der Waals surface area contributed by atoms with Gasteiger partial charge in [-0.15, -0.1) is 0 Å². The largest absolute Gasteiger partial charge is 0.324 e. The van der Waals surface area contributed by atoms with E-state index in [1.807, 2.05) is 0 Å². The summed E-state index contributed by atoms with van der Waals surface area (Å²) in [6, 6.07) is 1.27. The highest BCUT2D eigenvalue weighted by Gasteiger charge is 2.26. The third-order valence-electron chi connectivity index (χ3n) is 2.78. The summed E-state index contributed by atoms with van der Waals surface area (Å²) in [7, 11) is -2.96. The van der Waals surface area contributed by atoms with Crippen molar-refractivity contribution in [1.82, 2.24) is 5.01 Å². The minimum atomic E-state index is -2.96. The van der Waals surface area contributed by atoms with Gasteiger partial charge < -0.3 is 0 Å². The van der Waals surface area contributed by atoms with Crippen LogP contribution in [-0.4, -0.2) is 48.7 Å². The minimum Gasteiger partial charge on any atom is -0.292 e. The molecule has 1 unspecified atom stereocenters. The molecule has 0 aromatic carbocycles. The molecular weight excluding hydrogens is 290 g/mol. The highest BCUT2D eigenvalue weighted by Crippen LogP contribution is 2.21. The molecule has 0 N–H and O–H groups in total. The number of nitrogens with zero attached hydrogens (tertiary/aromatic N) is 3. The Morgan fingerprint density at radius 2 is 2.37 bits per heavy atom. The Kier molecular flexibility index (Phi) is 3.85. The van der Waals surface area contributed by atoms with E-state index in [2.05, 4.69) is 5.10 Å². The molecule has 1 fully saturated rings. The number of nitro groups is 1. The molecule has 0 amide bonds.